The van der Waals surface area contributed by atoms with Gasteiger partial charge in [0.05, 0.1) is 23.8 Å². The van der Waals surface area contributed by atoms with Crippen LogP contribution in [0.1, 0.15) is 24.4 Å². The van der Waals surface area contributed by atoms with Crippen molar-refractivity contribution in [3.8, 4) is 11.3 Å². The quantitative estimate of drug-likeness (QED) is 0.789. The Balaban J connectivity index is 1.67. The number of fused-ring (bicyclic) bond motifs is 1. The molecule has 0 saturated heterocycles. The Bertz CT molecular complexity index is 863. The summed E-state index contributed by atoms with van der Waals surface area (Å²) >= 11 is 1.50. The predicted octanol–water partition coefficient (Wildman–Crippen LogP) is 2.26. The van der Waals surface area contributed by atoms with Crippen molar-refractivity contribution in [3.63, 3.8) is 0 Å². The third-order valence-corrected chi connectivity index (χ3v) is 4.78. The second-order valence-corrected chi connectivity index (χ2v) is 6.66. The first-order valence-corrected chi connectivity index (χ1v) is 8.90. The average molecular weight is 342 g/mol. The molecule has 0 radical (unpaired) electrons. The molecular formula is C16H18N6OS. The number of amides is 1. The highest BCUT2D eigenvalue weighted by molar-refractivity contribution is 7.07. The molecule has 0 bridgehead atoms. The molecule has 0 unspecified atom stereocenters. The number of hydrogen-bond donors (Lipinski definition) is 1. The Morgan fingerprint density at radius 1 is 1.42 bits per heavy atom. The topological polar surface area (TPSA) is 77.6 Å². The minimum absolute atomic E-state index is 0.0701. The normalized spacial score (nSPS) is 13.7. The molecule has 0 fully saturated rings. The fourth-order valence-electron chi connectivity index (χ4n) is 3.02. The summed E-state index contributed by atoms with van der Waals surface area (Å²) in [7, 11) is 1.87. The van der Waals surface area contributed by atoms with Crippen LogP contribution in [-0.2, 0) is 31.2 Å². The van der Waals surface area contributed by atoms with Crippen LogP contribution in [0.3, 0.4) is 0 Å². The Kier molecular flexibility index (Phi) is 3.89. The molecule has 1 aliphatic rings. The largest absolute Gasteiger partial charge is 0.314 e. The summed E-state index contributed by atoms with van der Waals surface area (Å²) in [6, 6.07) is 0. The van der Waals surface area contributed by atoms with Crippen molar-refractivity contribution in [1.29, 1.82) is 0 Å². The van der Waals surface area contributed by atoms with Gasteiger partial charge in [0.25, 0.3) is 0 Å². The number of thiazole rings is 1. The van der Waals surface area contributed by atoms with E-state index < -0.39 is 0 Å². The predicted molar refractivity (Wildman–Crippen MR) is 91.8 cm³/mol. The Morgan fingerprint density at radius 2 is 2.33 bits per heavy atom. The number of nitrogens with zero attached hydrogens (tertiary/aromatic N) is 5. The molecule has 8 heteroatoms. The van der Waals surface area contributed by atoms with Crippen molar-refractivity contribution >= 4 is 23.1 Å². The highest BCUT2D eigenvalue weighted by Crippen LogP contribution is 2.31. The summed E-state index contributed by atoms with van der Waals surface area (Å²) in [6.45, 7) is 0.884. The molecule has 4 rings (SSSR count). The summed E-state index contributed by atoms with van der Waals surface area (Å²) in [5.41, 5.74) is 4.25. The molecule has 0 spiro atoms. The number of hydrogen-bond acceptors (Lipinski definition) is 5. The number of anilines is 1. The van der Waals surface area contributed by atoms with Crippen molar-refractivity contribution in [1.82, 2.24) is 24.3 Å². The van der Waals surface area contributed by atoms with E-state index in [1.807, 2.05) is 18.6 Å². The average Bonchev–Trinajstić information content (AvgIpc) is 3.28. The third kappa shape index (κ3) is 2.84. The Hall–Kier alpha value is -2.48. The molecule has 0 saturated carbocycles. The second-order valence-electron chi connectivity index (χ2n) is 5.94. The van der Waals surface area contributed by atoms with Crippen LogP contribution in [0.2, 0.25) is 0 Å². The molecule has 1 aliphatic heterocycles. The van der Waals surface area contributed by atoms with Crippen LogP contribution in [0.25, 0.3) is 11.3 Å². The second kappa shape index (κ2) is 6.20. The van der Waals surface area contributed by atoms with Gasteiger partial charge in [-0.25, -0.2) is 9.97 Å². The first-order chi connectivity index (χ1) is 11.7. The molecule has 4 heterocycles. The maximum Gasteiger partial charge on any atom is 0.231 e. The van der Waals surface area contributed by atoms with E-state index in [9.17, 15) is 4.79 Å². The minimum Gasteiger partial charge on any atom is -0.314 e. The van der Waals surface area contributed by atoms with Gasteiger partial charge in [0.2, 0.25) is 5.91 Å². The zero-order chi connectivity index (χ0) is 16.5. The van der Waals surface area contributed by atoms with Crippen LogP contribution in [0.5, 0.6) is 0 Å². The smallest absolute Gasteiger partial charge is 0.231 e. The monoisotopic (exact) mass is 342 g/mol. The summed E-state index contributed by atoms with van der Waals surface area (Å²) in [5.74, 6) is 1.74. The number of aryl methyl sites for hydroxylation is 2. The van der Waals surface area contributed by atoms with E-state index >= 15 is 0 Å². The fourth-order valence-corrected chi connectivity index (χ4v) is 3.58. The van der Waals surface area contributed by atoms with Crippen LogP contribution >= 0.6 is 11.3 Å². The van der Waals surface area contributed by atoms with Crippen molar-refractivity contribution in [2.75, 3.05) is 5.32 Å². The minimum atomic E-state index is -0.0701. The third-order valence-electron chi connectivity index (χ3n) is 4.14. The molecule has 24 heavy (non-hydrogen) atoms. The first kappa shape index (κ1) is 15.1. The molecule has 1 amide bonds. The van der Waals surface area contributed by atoms with Gasteiger partial charge in [0, 0.05) is 37.2 Å². The van der Waals surface area contributed by atoms with Gasteiger partial charge in [-0.15, -0.1) is 11.3 Å². The Morgan fingerprint density at radius 3 is 3.08 bits per heavy atom. The standard InChI is InChI=1S/C16H18N6OS/c1-21-8-11(7-18-21)15-16(22-5-3-2-4-13(22)19-15)20-14(23)6-12-9-24-10-17-12/h7-10H,2-6H2,1H3,(H,20,23). The summed E-state index contributed by atoms with van der Waals surface area (Å²) < 4.78 is 3.87. The van der Waals surface area contributed by atoms with E-state index in [4.69, 9.17) is 4.98 Å². The van der Waals surface area contributed by atoms with Crippen molar-refractivity contribution in [2.24, 2.45) is 7.05 Å². The number of nitrogens with one attached hydrogen (secondary N) is 1. The van der Waals surface area contributed by atoms with Crippen LogP contribution in [0.4, 0.5) is 5.82 Å². The highest BCUT2D eigenvalue weighted by atomic mass is 32.1. The van der Waals surface area contributed by atoms with E-state index in [2.05, 4.69) is 20.0 Å². The fraction of sp³-hybridized carbons (Fsp3) is 0.375. The Labute approximate surface area is 143 Å². The van der Waals surface area contributed by atoms with Gasteiger partial charge in [-0.05, 0) is 12.8 Å². The number of carbonyl (C=O) groups excluding carboxylic acids is 1. The lowest BCUT2D eigenvalue weighted by Crippen LogP contribution is -2.20. The molecule has 3 aromatic heterocycles. The highest BCUT2D eigenvalue weighted by Gasteiger charge is 2.23. The van der Waals surface area contributed by atoms with E-state index in [0.717, 1.165) is 54.4 Å². The van der Waals surface area contributed by atoms with Gasteiger partial charge >= 0.3 is 0 Å². The van der Waals surface area contributed by atoms with Gasteiger partial charge < -0.3 is 9.88 Å². The van der Waals surface area contributed by atoms with Gasteiger partial charge in [0.1, 0.15) is 17.3 Å². The lowest BCUT2D eigenvalue weighted by Gasteiger charge is -2.16. The van der Waals surface area contributed by atoms with Crippen LogP contribution in [0, 0.1) is 0 Å². The van der Waals surface area contributed by atoms with Crippen molar-refractivity contribution in [3.05, 3.63) is 34.8 Å². The summed E-state index contributed by atoms with van der Waals surface area (Å²) in [4.78, 5) is 21.4. The molecule has 3 aromatic rings. The van der Waals surface area contributed by atoms with Crippen molar-refractivity contribution < 1.29 is 4.79 Å². The molecule has 0 aromatic carbocycles. The van der Waals surface area contributed by atoms with E-state index in [1.165, 1.54) is 11.3 Å². The van der Waals surface area contributed by atoms with Gasteiger partial charge in [-0.2, -0.15) is 5.10 Å². The van der Waals surface area contributed by atoms with Gasteiger partial charge in [-0.1, -0.05) is 0 Å². The lowest BCUT2D eigenvalue weighted by molar-refractivity contribution is -0.115. The van der Waals surface area contributed by atoms with E-state index in [1.54, 1.807) is 16.4 Å². The molecule has 0 atom stereocenters. The number of rotatable bonds is 4. The zero-order valence-electron chi connectivity index (χ0n) is 13.4. The molecule has 1 N–H and O–H groups in total. The zero-order valence-corrected chi connectivity index (χ0v) is 14.2. The van der Waals surface area contributed by atoms with Crippen LogP contribution in [-0.4, -0.2) is 30.2 Å². The maximum atomic E-state index is 12.4. The maximum absolute atomic E-state index is 12.4. The summed E-state index contributed by atoms with van der Waals surface area (Å²) in [6.07, 6.45) is 7.15. The summed E-state index contributed by atoms with van der Waals surface area (Å²) in [5, 5.41) is 9.18. The van der Waals surface area contributed by atoms with Gasteiger partial charge in [-0.3, -0.25) is 9.48 Å². The van der Waals surface area contributed by atoms with E-state index in [-0.39, 0.29) is 12.3 Å². The molecule has 0 aliphatic carbocycles. The molecule has 7 nitrogen and oxygen atoms in total. The van der Waals surface area contributed by atoms with Gasteiger partial charge in [0.15, 0.2) is 0 Å². The van der Waals surface area contributed by atoms with Crippen LogP contribution in [0.15, 0.2) is 23.3 Å². The lowest BCUT2D eigenvalue weighted by atomic mass is 10.2. The number of imidazole rings is 1. The van der Waals surface area contributed by atoms with Crippen LogP contribution < -0.4 is 5.32 Å². The first-order valence-electron chi connectivity index (χ1n) is 7.96. The van der Waals surface area contributed by atoms with Crippen molar-refractivity contribution in [2.45, 2.75) is 32.2 Å². The van der Waals surface area contributed by atoms with E-state index in [0.29, 0.717) is 0 Å². The number of aromatic nitrogens is 5. The SMILES string of the molecule is Cn1cc(-c2nc3n(c2NC(=O)Cc2cscn2)CCCC3)cn1. The molecular weight excluding hydrogens is 324 g/mol. The molecule has 124 valence electrons. The number of carbonyl (C=O) groups is 1.